The van der Waals surface area contributed by atoms with Gasteiger partial charge in [0.2, 0.25) is 0 Å². The topological polar surface area (TPSA) is 9.23 Å². The van der Waals surface area contributed by atoms with Crippen molar-refractivity contribution < 1.29 is 4.74 Å². The molecule has 11 heavy (non-hydrogen) atoms. The zero-order valence-corrected chi connectivity index (χ0v) is 7.72. The third-order valence-corrected chi connectivity index (χ3v) is 1.33. The van der Waals surface area contributed by atoms with Gasteiger partial charge in [0.25, 0.3) is 0 Å². The molecule has 0 fully saturated rings. The Morgan fingerprint density at radius 3 is 2.27 bits per heavy atom. The second-order valence-corrected chi connectivity index (χ2v) is 2.39. The number of methoxy groups -OCH3 is 1. The van der Waals surface area contributed by atoms with E-state index in [0.29, 0.717) is 0 Å². The molecule has 0 radical (unpaired) electrons. The van der Waals surface area contributed by atoms with E-state index in [9.17, 15) is 0 Å². The first kappa shape index (κ1) is 10.0. The van der Waals surface area contributed by atoms with E-state index in [-0.39, 0.29) is 0 Å². The van der Waals surface area contributed by atoms with Crippen molar-refractivity contribution in [1.29, 1.82) is 0 Å². The second kappa shape index (κ2) is 5.78. The van der Waals surface area contributed by atoms with Gasteiger partial charge in [-0.3, -0.25) is 0 Å². The average molecular weight is 152 g/mol. The standard InChI is InChI=1S/C10H16O/c1-5-6-9(2)7-8-10(3)11-4/h5-8H,1-4H3/b6-5-,9-7-,10-8+. The first-order chi connectivity index (χ1) is 5.20. The maximum absolute atomic E-state index is 4.97. The molecular formula is C10H16O. The van der Waals surface area contributed by atoms with Gasteiger partial charge in [0, 0.05) is 0 Å². The zero-order valence-electron chi connectivity index (χ0n) is 7.72. The van der Waals surface area contributed by atoms with E-state index in [1.807, 2.05) is 32.1 Å². The molecule has 0 aromatic heterocycles. The summed E-state index contributed by atoms with van der Waals surface area (Å²) in [7, 11) is 1.67. The van der Waals surface area contributed by atoms with Crippen molar-refractivity contribution in [2.45, 2.75) is 20.8 Å². The summed E-state index contributed by atoms with van der Waals surface area (Å²) in [6, 6.07) is 0. The summed E-state index contributed by atoms with van der Waals surface area (Å²) in [6.07, 6.45) is 8.05. The number of hydrogen-bond acceptors (Lipinski definition) is 1. The van der Waals surface area contributed by atoms with Gasteiger partial charge in [-0.05, 0) is 26.8 Å². The zero-order chi connectivity index (χ0) is 8.69. The number of hydrogen-bond donors (Lipinski definition) is 0. The first-order valence-corrected chi connectivity index (χ1v) is 3.72. The number of rotatable bonds is 3. The van der Waals surface area contributed by atoms with E-state index in [2.05, 4.69) is 13.0 Å². The van der Waals surface area contributed by atoms with Crippen molar-refractivity contribution in [3.8, 4) is 0 Å². The van der Waals surface area contributed by atoms with Crippen LogP contribution in [0.5, 0.6) is 0 Å². The van der Waals surface area contributed by atoms with Gasteiger partial charge >= 0.3 is 0 Å². The lowest BCUT2D eigenvalue weighted by Crippen LogP contribution is -1.76. The van der Waals surface area contributed by atoms with Crippen molar-refractivity contribution in [3.05, 3.63) is 35.6 Å². The van der Waals surface area contributed by atoms with E-state index in [4.69, 9.17) is 4.74 Å². The van der Waals surface area contributed by atoms with Crippen LogP contribution in [0.4, 0.5) is 0 Å². The summed E-state index contributed by atoms with van der Waals surface area (Å²) in [5.74, 6) is 0.925. The van der Waals surface area contributed by atoms with Gasteiger partial charge in [0.15, 0.2) is 0 Å². The quantitative estimate of drug-likeness (QED) is 0.446. The maximum atomic E-state index is 4.97. The molecule has 0 amide bonds. The van der Waals surface area contributed by atoms with Crippen LogP contribution in [0.3, 0.4) is 0 Å². The summed E-state index contributed by atoms with van der Waals surface area (Å²) in [4.78, 5) is 0. The van der Waals surface area contributed by atoms with Crippen LogP contribution in [0.2, 0.25) is 0 Å². The molecule has 0 atom stereocenters. The number of ether oxygens (including phenoxy) is 1. The predicted molar refractivity (Wildman–Crippen MR) is 49.3 cm³/mol. The largest absolute Gasteiger partial charge is 0.501 e. The summed E-state index contributed by atoms with van der Waals surface area (Å²) in [5.41, 5.74) is 1.23. The Morgan fingerprint density at radius 1 is 1.18 bits per heavy atom. The van der Waals surface area contributed by atoms with Crippen molar-refractivity contribution in [2.75, 3.05) is 7.11 Å². The van der Waals surface area contributed by atoms with E-state index < -0.39 is 0 Å². The van der Waals surface area contributed by atoms with Crippen molar-refractivity contribution in [2.24, 2.45) is 0 Å². The molecule has 0 aromatic rings. The van der Waals surface area contributed by atoms with Gasteiger partial charge in [-0.15, -0.1) is 0 Å². The van der Waals surface area contributed by atoms with E-state index in [1.54, 1.807) is 7.11 Å². The molecule has 0 N–H and O–H groups in total. The fraction of sp³-hybridized carbons (Fsp3) is 0.400. The summed E-state index contributed by atoms with van der Waals surface area (Å²) < 4.78 is 4.97. The molecule has 0 rings (SSSR count). The van der Waals surface area contributed by atoms with E-state index in [0.717, 1.165) is 5.76 Å². The highest BCUT2D eigenvalue weighted by Gasteiger charge is 1.80. The molecular weight excluding hydrogens is 136 g/mol. The monoisotopic (exact) mass is 152 g/mol. The SMILES string of the molecule is C\C=C/C(C)=C\C=C(/C)OC. The highest BCUT2D eigenvalue weighted by molar-refractivity contribution is 5.21. The van der Waals surface area contributed by atoms with Crippen LogP contribution >= 0.6 is 0 Å². The van der Waals surface area contributed by atoms with Gasteiger partial charge < -0.3 is 4.74 Å². The molecule has 1 heteroatoms. The molecule has 0 bridgehead atoms. The fourth-order valence-electron chi connectivity index (χ4n) is 0.635. The molecule has 0 saturated heterocycles. The third-order valence-electron chi connectivity index (χ3n) is 1.33. The molecule has 0 aliphatic carbocycles. The molecule has 0 aliphatic heterocycles. The normalized spacial score (nSPS) is 14.2. The van der Waals surface area contributed by atoms with Crippen LogP contribution in [0, 0.1) is 0 Å². The summed E-state index contributed by atoms with van der Waals surface area (Å²) >= 11 is 0. The van der Waals surface area contributed by atoms with E-state index >= 15 is 0 Å². The minimum absolute atomic E-state index is 0.925. The van der Waals surface area contributed by atoms with Crippen LogP contribution in [0.1, 0.15) is 20.8 Å². The lowest BCUT2D eigenvalue weighted by atomic mass is 10.2. The second-order valence-electron chi connectivity index (χ2n) is 2.39. The van der Waals surface area contributed by atoms with Gasteiger partial charge in [-0.1, -0.05) is 23.8 Å². The van der Waals surface area contributed by atoms with Crippen molar-refractivity contribution >= 4 is 0 Å². The number of allylic oxidation sites excluding steroid dienone is 6. The minimum Gasteiger partial charge on any atom is -0.501 e. The Hall–Kier alpha value is -0.980. The average Bonchev–Trinajstić information content (AvgIpc) is 2.01. The molecule has 0 aromatic carbocycles. The van der Waals surface area contributed by atoms with Crippen LogP contribution in [0.15, 0.2) is 35.6 Å². The van der Waals surface area contributed by atoms with Crippen LogP contribution < -0.4 is 0 Å². The highest BCUT2D eigenvalue weighted by atomic mass is 16.5. The van der Waals surface area contributed by atoms with Gasteiger partial charge in [-0.2, -0.15) is 0 Å². The molecule has 0 unspecified atom stereocenters. The minimum atomic E-state index is 0.925. The lowest BCUT2D eigenvalue weighted by Gasteiger charge is -1.94. The molecule has 0 heterocycles. The van der Waals surface area contributed by atoms with Crippen LogP contribution in [-0.4, -0.2) is 7.11 Å². The predicted octanol–water partition coefficient (Wildman–Crippen LogP) is 3.06. The Kier molecular flexibility index (Phi) is 5.26. The summed E-state index contributed by atoms with van der Waals surface area (Å²) in [5, 5.41) is 0. The van der Waals surface area contributed by atoms with Gasteiger partial charge in [0.05, 0.1) is 12.9 Å². The van der Waals surface area contributed by atoms with Crippen LogP contribution in [0.25, 0.3) is 0 Å². The maximum Gasteiger partial charge on any atom is 0.0924 e. The molecule has 1 nitrogen and oxygen atoms in total. The van der Waals surface area contributed by atoms with Crippen molar-refractivity contribution in [3.63, 3.8) is 0 Å². The summed E-state index contributed by atoms with van der Waals surface area (Å²) in [6.45, 7) is 5.99. The Bertz CT molecular complexity index is 185. The Morgan fingerprint density at radius 2 is 1.82 bits per heavy atom. The van der Waals surface area contributed by atoms with Crippen LogP contribution in [-0.2, 0) is 4.74 Å². The Labute approximate surface area is 69.1 Å². The molecule has 0 spiro atoms. The molecule has 62 valence electrons. The van der Waals surface area contributed by atoms with Crippen molar-refractivity contribution in [1.82, 2.24) is 0 Å². The smallest absolute Gasteiger partial charge is 0.0924 e. The van der Waals surface area contributed by atoms with Gasteiger partial charge in [0.1, 0.15) is 0 Å². The fourth-order valence-corrected chi connectivity index (χ4v) is 0.635. The highest BCUT2D eigenvalue weighted by Crippen LogP contribution is 1.98. The van der Waals surface area contributed by atoms with Gasteiger partial charge in [-0.25, -0.2) is 0 Å². The Balaban J connectivity index is 4.10. The lowest BCUT2D eigenvalue weighted by molar-refractivity contribution is 0.294. The van der Waals surface area contributed by atoms with E-state index in [1.165, 1.54) is 5.57 Å². The first-order valence-electron chi connectivity index (χ1n) is 3.72. The third kappa shape index (κ3) is 5.46. The molecule has 0 saturated carbocycles. The molecule has 0 aliphatic rings.